The molecule has 1 N–H and O–H groups in total. The van der Waals surface area contributed by atoms with Crippen LogP contribution in [0.1, 0.15) is 41.0 Å². The number of alkyl halides is 2. The van der Waals surface area contributed by atoms with Gasteiger partial charge in [0.1, 0.15) is 5.69 Å². The first kappa shape index (κ1) is 8.34. The third-order valence-corrected chi connectivity index (χ3v) is 2.19. The number of nitrogens with one attached hydrogen (secondary N) is 1. The van der Waals surface area contributed by atoms with Gasteiger partial charge in [-0.1, -0.05) is 0 Å². The Kier molecular flexibility index (Phi) is 1.86. The van der Waals surface area contributed by atoms with Gasteiger partial charge in [0, 0.05) is 12.1 Å². The van der Waals surface area contributed by atoms with Crippen LogP contribution in [0.5, 0.6) is 0 Å². The zero-order valence-corrected chi connectivity index (χ0v) is 6.81. The molecule has 13 heavy (non-hydrogen) atoms. The lowest BCUT2D eigenvalue weighted by Gasteiger charge is -2.09. The third kappa shape index (κ3) is 1.24. The molecule has 5 heteroatoms. The van der Waals surface area contributed by atoms with Crippen molar-refractivity contribution in [3.05, 3.63) is 17.0 Å². The molecule has 1 aromatic rings. The minimum atomic E-state index is -2.66. The van der Waals surface area contributed by atoms with E-state index in [0.717, 1.165) is 6.42 Å². The molecule has 0 atom stereocenters. The Morgan fingerprint density at radius 2 is 2.15 bits per heavy atom. The van der Waals surface area contributed by atoms with Crippen LogP contribution in [0.2, 0.25) is 0 Å². The highest BCUT2D eigenvalue weighted by atomic mass is 19.3. The van der Waals surface area contributed by atoms with Crippen molar-refractivity contribution in [3.8, 4) is 0 Å². The Balaban J connectivity index is 2.50. The number of H-pyrrole nitrogens is 1. The minimum Gasteiger partial charge on any atom is -0.294 e. The fourth-order valence-electron chi connectivity index (χ4n) is 1.59. The van der Waals surface area contributed by atoms with Crippen LogP contribution < -0.4 is 0 Å². The van der Waals surface area contributed by atoms with Crippen LogP contribution in [-0.4, -0.2) is 16.0 Å². The normalized spacial score (nSPS) is 16.4. The van der Waals surface area contributed by atoms with Crippen LogP contribution in [0.25, 0.3) is 0 Å². The van der Waals surface area contributed by atoms with Crippen molar-refractivity contribution in [3.63, 3.8) is 0 Å². The molecule has 0 amide bonds. The summed E-state index contributed by atoms with van der Waals surface area (Å²) in [5.41, 5.74) is 0.299. The van der Waals surface area contributed by atoms with Crippen molar-refractivity contribution in [2.75, 3.05) is 0 Å². The van der Waals surface area contributed by atoms with Gasteiger partial charge in [0.15, 0.2) is 5.78 Å². The average Bonchev–Trinajstić information content (AvgIpc) is 2.49. The van der Waals surface area contributed by atoms with Gasteiger partial charge >= 0.3 is 0 Å². The predicted octanol–water partition coefficient (Wildman–Crippen LogP) is 1.87. The molecule has 2 rings (SSSR count). The molecule has 3 nitrogen and oxygen atoms in total. The number of hydrogen-bond acceptors (Lipinski definition) is 2. The maximum absolute atomic E-state index is 12.3. The van der Waals surface area contributed by atoms with E-state index < -0.39 is 6.43 Å². The summed E-state index contributed by atoms with van der Waals surface area (Å²) in [6, 6.07) is 0. The van der Waals surface area contributed by atoms with Crippen molar-refractivity contribution in [1.82, 2.24) is 10.2 Å². The average molecular weight is 186 g/mol. The number of fused-ring (bicyclic) bond motifs is 1. The van der Waals surface area contributed by atoms with Crippen LogP contribution >= 0.6 is 0 Å². The number of halogens is 2. The monoisotopic (exact) mass is 186 g/mol. The Labute approximate surface area is 73.1 Å². The van der Waals surface area contributed by atoms with E-state index in [-0.39, 0.29) is 17.0 Å². The zero-order chi connectivity index (χ0) is 9.42. The molecule has 0 saturated carbocycles. The first-order chi connectivity index (χ1) is 6.20. The summed E-state index contributed by atoms with van der Waals surface area (Å²) in [4.78, 5) is 11.3. The second kappa shape index (κ2) is 2.90. The highest BCUT2D eigenvalue weighted by Gasteiger charge is 2.27. The summed E-state index contributed by atoms with van der Waals surface area (Å²) < 4.78 is 24.7. The van der Waals surface area contributed by atoms with E-state index in [2.05, 4.69) is 10.2 Å². The van der Waals surface area contributed by atoms with E-state index in [4.69, 9.17) is 0 Å². The van der Waals surface area contributed by atoms with E-state index in [1.165, 1.54) is 0 Å². The number of carbonyl (C=O) groups excluding carboxylic acids is 1. The molecule has 0 unspecified atom stereocenters. The largest absolute Gasteiger partial charge is 0.294 e. The standard InChI is InChI=1S/C8H8F2N2O/c9-8(10)7-6-4(11-12-7)2-1-3-5(6)13/h8H,1-3H2,(H,11,12). The van der Waals surface area contributed by atoms with Gasteiger partial charge in [-0.05, 0) is 12.8 Å². The van der Waals surface area contributed by atoms with E-state index in [1.54, 1.807) is 0 Å². The highest BCUT2D eigenvalue weighted by Crippen LogP contribution is 2.28. The molecule has 0 saturated heterocycles. The molecule has 0 aliphatic heterocycles. The summed E-state index contributed by atoms with van der Waals surface area (Å²) in [5.74, 6) is -0.217. The molecule has 1 aliphatic rings. The lowest BCUT2D eigenvalue weighted by Crippen LogP contribution is -2.11. The van der Waals surface area contributed by atoms with Gasteiger partial charge in [0.25, 0.3) is 6.43 Å². The predicted molar refractivity (Wildman–Crippen MR) is 40.8 cm³/mol. The second-order valence-electron chi connectivity index (χ2n) is 3.04. The van der Waals surface area contributed by atoms with Crippen molar-refractivity contribution in [2.24, 2.45) is 0 Å². The molecule has 0 radical (unpaired) electrons. The number of carbonyl (C=O) groups is 1. The number of nitrogens with zero attached hydrogens (tertiary/aromatic N) is 1. The molecule has 1 aliphatic carbocycles. The van der Waals surface area contributed by atoms with Crippen molar-refractivity contribution in [1.29, 1.82) is 0 Å². The molecule has 1 heterocycles. The summed E-state index contributed by atoms with van der Waals surface area (Å²) in [6.07, 6.45) is -0.953. The summed E-state index contributed by atoms with van der Waals surface area (Å²) >= 11 is 0. The van der Waals surface area contributed by atoms with Crippen LogP contribution in [-0.2, 0) is 6.42 Å². The fraction of sp³-hybridized carbons (Fsp3) is 0.500. The van der Waals surface area contributed by atoms with E-state index >= 15 is 0 Å². The summed E-state index contributed by atoms with van der Waals surface area (Å²) in [5, 5.41) is 5.94. The van der Waals surface area contributed by atoms with Gasteiger partial charge in [-0.2, -0.15) is 5.10 Å². The molecular weight excluding hydrogens is 178 g/mol. The van der Waals surface area contributed by atoms with Crippen LogP contribution in [0.3, 0.4) is 0 Å². The lowest BCUT2D eigenvalue weighted by molar-refractivity contribution is 0.0957. The molecule has 0 bridgehead atoms. The number of aromatic nitrogens is 2. The molecule has 70 valence electrons. The Bertz CT molecular complexity index is 346. The van der Waals surface area contributed by atoms with Gasteiger partial charge in [-0.25, -0.2) is 8.78 Å². The van der Waals surface area contributed by atoms with E-state index in [1.807, 2.05) is 0 Å². The first-order valence-electron chi connectivity index (χ1n) is 4.08. The maximum atomic E-state index is 12.3. The molecule has 0 spiro atoms. The number of Topliss-reactive ketones (excluding diaryl/α,β-unsaturated/α-hetero) is 1. The van der Waals surface area contributed by atoms with Crippen LogP contribution in [0.4, 0.5) is 8.78 Å². The number of hydrogen-bond donors (Lipinski definition) is 1. The Morgan fingerprint density at radius 3 is 2.85 bits per heavy atom. The number of ketones is 1. The minimum absolute atomic E-state index is 0.126. The van der Waals surface area contributed by atoms with E-state index in [9.17, 15) is 13.6 Å². The van der Waals surface area contributed by atoms with Gasteiger partial charge in [-0.3, -0.25) is 9.89 Å². The molecular formula is C8H8F2N2O. The van der Waals surface area contributed by atoms with Gasteiger partial charge in [0.2, 0.25) is 0 Å². The van der Waals surface area contributed by atoms with Crippen LogP contribution in [0.15, 0.2) is 0 Å². The Morgan fingerprint density at radius 1 is 1.38 bits per heavy atom. The smallest absolute Gasteiger partial charge is 0.282 e. The highest BCUT2D eigenvalue weighted by molar-refractivity contribution is 5.99. The van der Waals surface area contributed by atoms with Crippen molar-refractivity contribution in [2.45, 2.75) is 25.7 Å². The molecule has 0 aromatic carbocycles. The quantitative estimate of drug-likeness (QED) is 0.727. The number of rotatable bonds is 1. The number of aryl methyl sites for hydroxylation is 1. The van der Waals surface area contributed by atoms with Gasteiger partial charge in [0.05, 0.1) is 5.56 Å². The van der Waals surface area contributed by atoms with Crippen LogP contribution in [0, 0.1) is 0 Å². The molecule has 1 aromatic heterocycles. The van der Waals surface area contributed by atoms with Gasteiger partial charge in [-0.15, -0.1) is 0 Å². The topological polar surface area (TPSA) is 45.8 Å². The number of aromatic amines is 1. The second-order valence-corrected chi connectivity index (χ2v) is 3.04. The fourth-order valence-corrected chi connectivity index (χ4v) is 1.59. The summed E-state index contributed by atoms with van der Waals surface area (Å²) in [6.45, 7) is 0. The van der Waals surface area contributed by atoms with Crippen molar-refractivity contribution >= 4 is 5.78 Å². The first-order valence-corrected chi connectivity index (χ1v) is 4.08. The third-order valence-electron chi connectivity index (χ3n) is 2.19. The Hall–Kier alpha value is -1.26. The lowest BCUT2D eigenvalue weighted by atomic mass is 9.95. The van der Waals surface area contributed by atoms with Gasteiger partial charge < -0.3 is 0 Å². The molecule has 0 fully saturated rings. The van der Waals surface area contributed by atoms with Crippen molar-refractivity contribution < 1.29 is 13.6 Å². The summed E-state index contributed by atoms with van der Waals surface area (Å²) in [7, 11) is 0. The maximum Gasteiger partial charge on any atom is 0.282 e. The zero-order valence-electron chi connectivity index (χ0n) is 6.81. The SMILES string of the molecule is O=C1CCCc2[nH]nc(C(F)F)c21. The van der Waals surface area contributed by atoms with E-state index in [0.29, 0.717) is 18.5 Å².